The van der Waals surface area contributed by atoms with Gasteiger partial charge in [-0.1, -0.05) is 45.0 Å². The summed E-state index contributed by atoms with van der Waals surface area (Å²) in [5, 5.41) is 2.68. The van der Waals surface area contributed by atoms with Crippen LogP contribution in [0.15, 0.2) is 48.5 Å². The SMILES string of the molecule is CCC(C)(C)c1ccc(OCC(=O)Nc2ccccc2C(=O)OC)cc1. The van der Waals surface area contributed by atoms with Crippen molar-refractivity contribution < 1.29 is 19.1 Å². The Kier molecular flexibility index (Phi) is 6.39. The van der Waals surface area contributed by atoms with Crippen LogP contribution in [0, 0.1) is 0 Å². The van der Waals surface area contributed by atoms with Crippen LogP contribution in [0.5, 0.6) is 5.75 Å². The van der Waals surface area contributed by atoms with E-state index in [1.807, 2.05) is 24.3 Å². The summed E-state index contributed by atoms with van der Waals surface area (Å²) >= 11 is 0. The number of amides is 1. The first-order valence-electron chi connectivity index (χ1n) is 8.58. The molecule has 0 aliphatic rings. The molecule has 0 aliphatic carbocycles. The monoisotopic (exact) mass is 355 g/mol. The summed E-state index contributed by atoms with van der Waals surface area (Å²) in [6.07, 6.45) is 1.04. The van der Waals surface area contributed by atoms with Gasteiger partial charge in [-0.3, -0.25) is 4.79 Å². The zero-order chi connectivity index (χ0) is 19.2. The van der Waals surface area contributed by atoms with Gasteiger partial charge in [-0.2, -0.15) is 0 Å². The quantitative estimate of drug-likeness (QED) is 0.757. The molecule has 0 radical (unpaired) electrons. The highest BCUT2D eigenvalue weighted by atomic mass is 16.5. The minimum atomic E-state index is -0.504. The van der Waals surface area contributed by atoms with E-state index >= 15 is 0 Å². The zero-order valence-corrected chi connectivity index (χ0v) is 15.7. The molecule has 0 fully saturated rings. The van der Waals surface area contributed by atoms with Crippen molar-refractivity contribution in [2.45, 2.75) is 32.6 Å². The molecule has 0 aliphatic heterocycles. The predicted octanol–water partition coefficient (Wildman–Crippen LogP) is 4.18. The lowest BCUT2D eigenvalue weighted by Crippen LogP contribution is -2.22. The molecular weight excluding hydrogens is 330 g/mol. The number of carbonyl (C=O) groups is 2. The standard InChI is InChI=1S/C21H25NO4/c1-5-21(2,3)15-10-12-16(13-11-15)26-14-19(23)22-18-9-7-6-8-17(18)20(24)25-4/h6-13H,5,14H2,1-4H3,(H,22,23). The van der Waals surface area contributed by atoms with Crippen molar-refractivity contribution in [1.29, 1.82) is 0 Å². The molecule has 0 atom stereocenters. The number of ether oxygens (including phenoxy) is 2. The zero-order valence-electron chi connectivity index (χ0n) is 15.7. The predicted molar refractivity (Wildman–Crippen MR) is 102 cm³/mol. The Labute approximate surface area is 154 Å². The maximum atomic E-state index is 12.1. The molecule has 0 heterocycles. The van der Waals surface area contributed by atoms with Crippen LogP contribution in [0.1, 0.15) is 43.1 Å². The van der Waals surface area contributed by atoms with Crippen LogP contribution in [0.2, 0.25) is 0 Å². The number of nitrogens with one attached hydrogen (secondary N) is 1. The van der Waals surface area contributed by atoms with E-state index in [0.717, 1.165) is 6.42 Å². The van der Waals surface area contributed by atoms with E-state index in [-0.39, 0.29) is 17.9 Å². The lowest BCUT2D eigenvalue weighted by Gasteiger charge is -2.23. The number of methoxy groups -OCH3 is 1. The first-order valence-corrected chi connectivity index (χ1v) is 8.58. The van der Waals surface area contributed by atoms with Gasteiger partial charge in [0.2, 0.25) is 0 Å². The third kappa shape index (κ3) is 4.85. The van der Waals surface area contributed by atoms with Gasteiger partial charge in [-0.05, 0) is 41.7 Å². The summed E-state index contributed by atoms with van der Waals surface area (Å²) in [6, 6.07) is 14.4. The molecule has 0 saturated carbocycles. The fourth-order valence-corrected chi connectivity index (χ4v) is 2.42. The average molecular weight is 355 g/mol. The number of hydrogen-bond acceptors (Lipinski definition) is 4. The van der Waals surface area contributed by atoms with Crippen molar-refractivity contribution in [1.82, 2.24) is 0 Å². The van der Waals surface area contributed by atoms with E-state index in [4.69, 9.17) is 9.47 Å². The van der Waals surface area contributed by atoms with Gasteiger partial charge in [-0.15, -0.1) is 0 Å². The number of carbonyl (C=O) groups excluding carboxylic acids is 2. The lowest BCUT2D eigenvalue weighted by molar-refractivity contribution is -0.118. The number of para-hydroxylation sites is 1. The Morgan fingerprint density at radius 1 is 1.04 bits per heavy atom. The molecular formula is C21H25NO4. The molecule has 2 aromatic rings. The average Bonchev–Trinajstić information content (AvgIpc) is 2.66. The molecule has 1 amide bonds. The smallest absolute Gasteiger partial charge is 0.339 e. The van der Waals surface area contributed by atoms with Gasteiger partial charge in [0.05, 0.1) is 18.4 Å². The molecule has 5 heteroatoms. The van der Waals surface area contributed by atoms with E-state index in [0.29, 0.717) is 17.0 Å². The summed E-state index contributed by atoms with van der Waals surface area (Å²) in [4.78, 5) is 23.9. The normalized spacial score (nSPS) is 10.9. The van der Waals surface area contributed by atoms with E-state index in [2.05, 4.69) is 26.1 Å². The van der Waals surface area contributed by atoms with Gasteiger partial charge >= 0.3 is 5.97 Å². The van der Waals surface area contributed by atoms with Crippen LogP contribution in [-0.2, 0) is 14.9 Å². The van der Waals surface area contributed by atoms with Crippen molar-refractivity contribution in [3.05, 3.63) is 59.7 Å². The molecule has 2 aromatic carbocycles. The van der Waals surface area contributed by atoms with Crippen LogP contribution < -0.4 is 10.1 Å². The Hall–Kier alpha value is -2.82. The van der Waals surface area contributed by atoms with Crippen LogP contribution in [-0.4, -0.2) is 25.6 Å². The molecule has 0 spiro atoms. The molecule has 1 N–H and O–H groups in total. The number of esters is 1. The molecule has 0 bridgehead atoms. The van der Waals surface area contributed by atoms with Gasteiger partial charge in [0.1, 0.15) is 5.75 Å². The summed E-state index contributed by atoms with van der Waals surface area (Å²) in [6.45, 7) is 6.39. The van der Waals surface area contributed by atoms with Gasteiger partial charge in [-0.25, -0.2) is 4.79 Å². The van der Waals surface area contributed by atoms with Crippen molar-refractivity contribution in [3.8, 4) is 5.75 Å². The topological polar surface area (TPSA) is 64.6 Å². The first kappa shape index (κ1) is 19.5. The fraction of sp³-hybridized carbons (Fsp3) is 0.333. The second kappa shape index (κ2) is 8.52. The van der Waals surface area contributed by atoms with Crippen molar-refractivity contribution >= 4 is 17.6 Å². The highest BCUT2D eigenvalue weighted by Gasteiger charge is 2.18. The van der Waals surface area contributed by atoms with Crippen LogP contribution in [0.3, 0.4) is 0 Å². The van der Waals surface area contributed by atoms with E-state index in [1.54, 1.807) is 24.3 Å². The van der Waals surface area contributed by atoms with Crippen molar-refractivity contribution in [3.63, 3.8) is 0 Å². The third-order valence-electron chi connectivity index (χ3n) is 4.50. The van der Waals surface area contributed by atoms with E-state index in [1.165, 1.54) is 12.7 Å². The molecule has 0 aromatic heterocycles. The van der Waals surface area contributed by atoms with Crippen LogP contribution in [0.25, 0.3) is 0 Å². The van der Waals surface area contributed by atoms with Gasteiger partial charge < -0.3 is 14.8 Å². The van der Waals surface area contributed by atoms with Gasteiger partial charge in [0, 0.05) is 0 Å². The summed E-state index contributed by atoms with van der Waals surface area (Å²) in [5.41, 5.74) is 2.03. The largest absolute Gasteiger partial charge is 0.484 e. The Morgan fingerprint density at radius 3 is 2.31 bits per heavy atom. The number of hydrogen-bond donors (Lipinski definition) is 1. The highest BCUT2D eigenvalue weighted by molar-refractivity contribution is 6.01. The first-order chi connectivity index (χ1) is 12.4. The minimum absolute atomic E-state index is 0.105. The lowest BCUT2D eigenvalue weighted by atomic mass is 9.82. The molecule has 5 nitrogen and oxygen atoms in total. The summed E-state index contributed by atoms with van der Waals surface area (Å²) in [5.74, 6) is -0.229. The van der Waals surface area contributed by atoms with E-state index in [9.17, 15) is 9.59 Å². The Balaban J connectivity index is 1.97. The minimum Gasteiger partial charge on any atom is -0.484 e. The molecule has 0 unspecified atom stereocenters. The van der Waals surface area contributed by atoms with Crippen LogP contribution >= 0.6 is 0 Å². The maximum absolute atomic E-state index is 12.1. The van der Waals surface area contributed by atoms with Crippen molar-refractivity contribution in [2.24, 2.45) is 0 Å². The number of rotatable bonds is 7. The molecule has 26 heavy (non-hydrogen) atoms. The summed E-state index contributed by atoms with van der Waals surface area (Å²) in [7, 11) is 1.30. The van der Waals surface area contributed by atoms with Gasteiger partial charge in [0.15, 0.2) is 6.61 Å². The highest BCUT2D eigenvalue weighted by Crippen LogP contribution is 2.28. The second-order valence-corrected chi connectivity index (χ2v) is 6.64. The number of benzene rings is 2. The maximum Gasteiger partial charge on any atom is 0.339 e. The third-order valence-corrected chi connectivity index (χ3v) is 4.50. The van der Waals surface area contributed by atoms with E-state index < -0.39 is 5.97 Å². The fourth-order valence-electron chi connectivity index (χ4n) is 2.42. The Morgan fingerprint density at radius 2 is 1.69 bits per heavy atom. The van der Waals surface area contributed by atoms with Crippen LogP contribution in [0.4, 0.5) is 5.69 Å². The second-order valence-electron chi connectivity index (χ2n) is 6.64. The summed E-state index contributed by atoms with van der Waals surface area (Å²) < 4.78 is 10.3. The van der Waals surface area contributed by atoms with Crippen molar-refractivity contribution in [2.75, 3.05) is 19.0 Å². The molecule has 138 valence electrons. The molecule has 0 saturated heterocycles. The molecule has 2 rings (SSSR count). The Bertz CT molecular complexity index is 766. The number of anilines is 1. The van der Waals surface area contributed by atoms with Gasteiger partial charge in [0.25, 0.3) is 5.91 Å².